The van der Waals surface area contributed by atoms with Gasteiger partial charge in [0.05, 0.1) is 0 Å². The van der Waals surface area contributed by atoms with Crippen LogP contribution in [-0.4, -0.2) is 25.3 Å². The van der Waals surface area contributed by atoms with Crippen LogP contribution >= 0.6 is 0 Å². The summed E-state index contributed by atoms with van der Waals surface area (Å²) in [6, 6.07) is 14.7. The molecule has 0 saturated heterocycles. The lowest BCUT2D eigenvalue weighted by atomic mass is 10.2. The van der Waals surface area contributed by atoms with Crippen molar-refractivity contribution in [1.82, 2.24) is 19.4 Å². The number of hydrogen-bond donors (Lipinski definition) is 1. The maximum absolute atomic E-state index is 12.4. The molecule has 4 aromatic rings. The van der Waals surface area contributed by atoms with Crippen LogP contribution in [0.4, 0.5) is 5.69 Å². The van der Waals surface area contributed by atoms with Crippen LogP contribution in [0, 0.1) is 11.8 Å². The van der Waals surface area contributed by atoms with Crippen molar-refractivity contribution in [1.29, 1.82) is 0 Å². The summed E-state index contributed by atoms with van der Waals surface area (Å²) in [6.07, 6.45) is 6.76. The minimum absolute atomic E-state index is 0.300. The number of benzene rings is 1. The van der Waals surface area contributed by atoms with Crippen LogP contribution in [0.3, 0.4) is 0 Å². The van der Waals surface area contributed by atoms with E-state index in [0.29, 0.717) is 22.9 Å². The van der Waals surface area contributed by atoms with Gasteiger partial charge in [-0.2, -0.15) is 0 Å². The van der Waals surface area contributed by atoms with Gasteiger partial charge in [0.15, 0.2) is 0 Å². The van der Waals surface area contributed by atoms with Crippen molar-refractivity contribution in [3.05, 3.63) is 90.3 Å². The summed E-state index contributed by atoms with van der Waals surface area (Å²) >= 11 is 0. The van der Waals surface area contributed by atoms with Gasteiger partial charge < -0.3 is 5.32 Å². The number of rotatable bonds is 2. The molecule has 6 nitrogen and oxygen atoms in total. The topological polar surface area (TPSA) is 72.2 Å². The number of nitrogens with one attached hydrogen (secondary N) is 1. The highest BCUT2D eigenvalue weighted by Crippen LogP contribution is 2.12. The van der Waals surface area contributed by atoms with Gasteiger partial charge in [0.25, 0.3) is 5.91 Å². The van der Waals surface area contributed by atoms with Crippen molar-refractivity contribution in [2.75, 3.05) is 5.32 Å². The van der Waals surface area contributed by atoms with E-state index in [-0.39, 0.29) is 5.91 Å². The molecule has 0 atom stereocenters. The first kappa shape index (κ1) is 15.5. The number of nitrogens with zero attached hydrogens (tertiary/aromatic N) is 4. The molecule has 0 aliphatic carbocycles. The molecule has 124 valence electrons. The summed E-state index contributed by atoms with van der Waals surface area (Å²) in [5.41, 5.74) is 2.42. The molecule has 0 aliphatic rings. The Balaban J connectivity index is 1.53. The third kappa shape index (κ3) is 3.42. The smallest absolute Gasteiger partial charge is 0.275 e. The molecule has 0 fully saturated rings. The van der Waals surface area contributed by atoms with Crippen LogP contribution in [-0.2, 0) is 0 Å². The van der Waals surface area contributed by atoms with Gasteiger partial charge >= 0.3 is 0 Å². The molecule has 0 aliphatic heterocycles. The van der Waals surface area contributed by atoms with Crippen molar-refractivity contribution in [3.8, 4) is 11.8 Å². The molecule has 0 spiro atoms. The number of pyridine rings is 1. The highest BCUT2D eigenvalue weighted by atomic mass is 16.1. The number of amides is 1. The lowest BCUT2D eigenvalue weighted by Gasteiger charge is -2.03. The van der Waals surface area contributed by atoms with Gasteiger partial charge in [-0.1, -0.05) is 18.1 Å². The fraction of sp³-hybridized carbons (Fsp3) is 0. The van der Waals surface area contributed by atoms with Gasteiger partial charge in [-0.25, -0.2) is 15.0 Å². The Kier molecular flexibility index (Phi) is 4.11. The quantitative estimate of drug-likeness (QED) is 0.570. The monoisotopic (exact) mass is 339 g/mol. The van der Waals surface area contributed by atoms with E-state index in [0.717, 1.165) is 5.56 Å². The first-order chi connectivity index (χ1) is 12.8. The second-order valence-corrected chi connectivity index (χ2v) is 5.45. The Morgan fingerprint density at radius 1 is 1.00 bits per heavy atom. The molecule has 0 unspecified atom stereocenters. The van der Waals surface area contributed by atoms with E-state index in [9.17, 15) is 4.79 Å². The van der Waals surface area contributed by atoms with Crippen molar-refractivity contribution < 1.29 is 4.79 Å². The van der Waals surface area contributed by atoms with Crippen LogP contribution in [0.15, 0.2) is 73.3 Å². The fourth-order valence-electron chi connectivity index (χ4n) is 2.38. The Bertz CT molecular complexity index is 1110. The number of carbonyl (C=O) groups is 1. The highest BCUT2D eigenvalue weighted by molar-refractivity contribution is 6.03. The van der Waals surface area contributed by atoms with E-state index in [1.165, 1.54) is 0 Å². The van der Waals surface area contributed by atoms with E-state index in [1.807, 2.05) is 36.4 Å². The maximum atomic E-state index is 12.4. The molecule has 3 heterocycles. The highest BCUT2D eigenvalue weighted by Gasteiger charge is 2.11. The minimum Gasteiger partial charge on any atom is -0.321 e. The van der Waals surface area contributed by atoms with Crippen LogP contribution in [0.5, 0.6) is 0 Å². The van der Waals surface area contributed by atoms with Crippen molar-refractivity contribution in [3.63, 3.8) is 0 Å². The molecule has 0 bridgehead atoms. The molecule has 1 amide bonds. The largest absolute Gasteiger partial charge is 0.321 e. The average Bonchev–Trinajstić information content (AvgIpc) is 3.12. The first-order valence-corrected chi connectivity index (χ1v) is 7.92. The molecular formula is C20H13N5O. The second-order valence-electron chi connectivity index (χ2n) is 5.45. The van der Waals surface area contributed by atoms with Gasteiger partial charge in [0.2, 0.25) is 5.78 Å². The van der Waals surface area contributed by atoms with Crippen LogP contribution in [0.25, 0.3) is 5.78 Å². The maximum Gasteiger partial charge on any atom is 0.275 e. The second kappa shape index (κ2) is 6.87. The Morgan fingerprint density at radius 3 is 2.77 bits per heavy atom. The van der Waals surface area contributed by atoms with Crippen molar-refractivity contribution in [2.45, 2.75) is 0 Å². The average molecular weight is 339 g/mol. The van der Waals surface area contributed by atoms with Gasteiger partial charge in [0.1, 0.15) is 11.4 Å². The first-order valence-electron chi connectivity index (χ1n) is 7.92. The summed E-state index contributed by atoms with van der Waals surface area (Å²) in [4.78, 5) is 24.9. The van der Waals surface area contributed by atoms with E-state index < -0.39 is 0 Å². The van der Waals surface area contributed by atoms with Crippen LogP contribution in [0.2, 0.25) is 0 Å². The van der Waals surface area contributed by atoms with Gasteiger partial charge in [-0.15, -0.1) is 0 Å². The number of aromatic nitrogens is 4. The molecule has 4 rings (SSSR count). The third-order valence-electron chi connectivity index (χ3n) is 3.59. The Morgan fingerprint density at radius 2 is 1.92 bits per heavy atom. The zero-order valence-corrected chi connectivity index (χ0v) is 13.6. The Hall–Kier alpha value is -3.98. The predicted octanol–water partition coefficient (Wildman–Crippen LogP) is 2.78. The zero-order chi connectivity index (χ0) is 17.8. The summed E-state index contributed by atoms with van der Waals surface area (Å²) in [5.74, 6) is 6.21. The number of fused-ring (bicyclic) bond motifs is 1. The van der Waals surface area contributed by atoms with E-state index >= 15 is 0 Å². The predicted molar refractivity (Wildman–Crippen MR) is 97.6 cm³/mol. The zero-order valence-electron chi connectivity index (χ0n) is 13.6. The molecule has 26 heavy (non-hydrogen) atoms. The number of imidazole rings is 1. The summed E-state index contributed by atoms with van der Waals surface area (Å²) in [7, 11) is 0. The lowest BCUT2D eigenvalue weighted by molar-refractivity contribution is 0.102. The SMILES string of the molecule is O=C(Nc1cccc(C#Cc2ccccn2)c1)c1cn2cccnc2n1. The molecule has 0 radical (unpaired) electrons. The summed E-state index contributed by atoms with van der Waals surface area (Å²) in [5, 5.41) is 2.83. The molecule has 0 saturated carbocycles. The van der Waals surface area contributed by atoms with E-state index in [1.54, 1.807) is 41.3 Å². The van der Waals surface area contributed by atoms with E-state index in [2.05, 4.69) is 32.1 Å². The summed E-state index contributed by atoms with van der Waals surface area (Å²) < 4.78 is 1.70. The number of carbonyl (C=O) groups excluding carboxylic acids is 1. The number of hydrogen-bond acceptors (Lipinski definition) is 4. The van der Waals surface area contributed by atoms with Gasteiger partial charge in [0, 0.05) is 36.0 Å². The molecule has 1 N–H and O–H groups in total. The number of anilines is 1. The molecule has 3 aromatic heterocycles. The summed E-state index contributed by atoms with van der Waals surface area (Å²) in [6.45, 7) is 0. The standard InChI is InChI=1S/C20H13N5O/c26-19(18-14-25-12-4-11-22-20(25)24-18)23-17-7-3-5-15(13-17)8-9-16-6-1-2-10-21-16/h1-7,10-14H,(H,23,26). The normalized spacial score (nSPS) is 10.2. The van der Waals surface area contributed by atoms with Crippen molar-refractivity contribution in [2.24, 2.45) is 0 Å². The molecular weight excluding hydrogens is 326 g/mol. The minimum atomic E-state index is -0.301. The van der Waals surface area contributed by atoms with Crippen LogP contribution in [0.1, 0.15) is 21.7 Å². The van der Waals surface area contributed by atoms with E-state index in [4.69, 9.17) is 0 Å². The van der Waals surface area contributed by atoms with Crippen molar-refractivity contribution >= 4 is 17.4 Å². The molecule has 6 heteroatoms. The van der Waals surface area contributed by atoms with Crippen LogP contribution < -0.4 is 5.32 Å². The third-order valence-corrected chi connectivity index (χ3v) is 3.59. The van der Waals surface area contributed by atoms with Gasteiger partial charge in [-0.3, -0.25) is 9.20 Å². The lowest BCUT2D eigenvalue weighted by Crippen LogP contribution is -2.12. The molecule has 1 aromatic carbocycles. The Labute approximate surface area is 149 Å². The van der Waals surface area contributed by atoms with Gasteiger partial charge in [-0.05, 0) is 42.3 Å². The fourth-order valence-corrected chi connectivity index (χ4v) is 2.38.